The molecule has 0 aromatic heterocycles. The van der Waals surface area contributed by atoms with Gasteiger partial charge in [0.05, 0.1) is 18.1 Å². The second-order valence-electron chi connectivity index (χ2n) is 5.06. The van der Waals surface area contributed by atoms with Gasteiger partial charge in [0, 0.05) is 24.4 Å². The molecular formula is C14H20N2O3. The Hall–Kier alpha value is -1.78. The first-order valence-electron chi connectivity index (χ1n) is 6.76. The van der Waals surface area contributed by atoms with Gasteiger partial charge in [0.25, 0.3) is 5.69 Å². The maximum absolute atomic E-state index is 10.8. The number of nitro benzene ring substituents is 1. The fraction of sp³-hybridized carbons (Fsp3) is 0.571. The number of methoxy groups -OCH3 is 1. The molecule has 1 N–H and O–H groups in total. The van der Waals surface area contributed by atoms with Crippen LogP contribution in [0.4, 0.5) is 11.4 Å². The first kappa shape index (κ1) is 13.6. The minimum absolute atomic E-state index is 0.0606. The van der Waals surface area contributed by atoms with Crippen LogP contribution < -0.4 is 10.1 Å². The Morgan fingerprint density at radius 3 is 2.68 bits per heavy atom. The molecule has 0 aliphatic heterocycles. The fourth-order valence-corrected chi connectivity index (χ4v) is 2.56. The molecule has 1 aromatic carbocycles. The van der Waals surface area contributed by atoms with Crippen molar-refractivity contribution >= 4 is 11.4 Å². The summed E-state index contributed by atoms with van der Waals surface area (Å²) in [5.41, 5.74) is 0.821. The lowest BCUT2D eigenvalue weighted by Gasteiger charge is -2.22. The van der Waals surface area contributed by atoms with Crippen LogP contribution in [0.3, 0.4) is 0 Å². The molecule has 1 aromatic rings. The zero-order valence-electron chi connectivity index (χ0n) is 11.2. The lowest BCUT2D eigenvalue weighted by atomic mass is 9.89. The van der Waals surface area contributed by atoms with Crippen molar-refractivity contribution in [1.82, 2.24) is 0 Å². The summed E-state index contributed by atoms with van der Waals surface area (Å²) in [6, 6.07) is 4.80. The van der Waals surface area contributed by atoms with E-state index in [1.54, 1.807) is 12.1 Å². The van der Waals surface area contributed by atoms with Crippen LogP contribution in [0, 0.1) is 16.0 Å². The highest BCUT2D eigenvalue weighted by Crippen LogP contribution is 2.28. The zero-order chi connectivity index (χ0) is 13.7. The molecule has 2 rings (SSSR count). The Morgan fingerprint density at radius 1 is 1.32 bits per heavy atom. The molecular weight excluding hydrogens is 244 g/mol. The van der Waals surface area contributed by atoms with Gasteiger partial charge in [-0.1, -0.05) is 19.3 Å². The van der Waals surface area contributed by atoms with E-state index in [2.05, 4.69) is 5.32 Å². The number of hydrogen-bond donors (Lipinski definition) is 1. The van der Waals surface area contributed by atoms with Crippen molar-refractivity contribution in [1.29, 1.82) is 0 Å². The number of anilines is 1. The summed E-state index contributed by atoms with van der Waals surface area (Å²) in [6.07, 6.45) is 6.43. The molecule has 0 heterocycles. The minimum Gasteiger partial charge on any atom is -0.496 e. The molecule has 1 aliphatic carbocycles. The van der Waals surface area contributed by atoms with Crippen LogP contribution in [-0.2, 0) is 0 Å². The van der Waals surface area contributed by atoms with Crippen LogP contribution in [0.2, 0.25) is 0 Å². The Kier molecular flexibility index (Phi) is 4.60. The summed E-state index contributed by atoms with van der Waals surface area (Å²) in [4.78, 5) is 10.5. The van der Waals surface area contributed by atoms with E-state index in [1.165, 1.54) is 45.3 Å². The number of rotatable bonds is 5. The fourth-order valence-electron chi connectivity index (χ4n) is 2.56. The van der Waals surface area contributed by atoms with Crippen LogP contribution in [0.1, 0.15) is 32.1 Å². The molecule has 0 unspecified atom stereocenters. The number of nitrogens with one attached hydrogen (secondary N) is 1. The Morgan fingerprint density at radius 2 is 2.05 bits per heavy atom. The number of ether oxygens (including phenoxy) is 1. The van der Waals surface area contributed by atoms with Gasteiger partial charge in [-0.25, -0.2) is 0 Å². The summed E-state index contributed by atoms with van der Waals surface area (Å²) in [7, 11) is 1.52. The lowest BCUT2D eigenvalue weighted by molar-refractivity contribution is -0.384. The topological polar surface area (TPSA) is 64.4 Å². The van der Waals surface area contributed by atoms with Gasteiger partial charge in [-0.05, 0) is 18.8 Å². The van der Waals surface area contributed by atoms with Gasteiger partial charge in [0.2, 0.25) is 0 Å². The average molecular weight is 264 g/mol. The van der Waals surface area contributed by atoms with Crippen molar-refractivity contribution in [2.45, 2.75) is 32.1 Å². The molecule has 0 spiro atoms. The SMILES string of the molecule is COc1cc(NCC2CCCCC2)cc([N+](=O)[O-])c1. The van der Waals surface area contributed by atoms with Crippen molar-refractivity contribution < 1.29 is 9.66 Å². The molecule has 19 heavy (non-hydrogen) atoms. The molecule has 104 valence electrons. The van der Waals surface area contributed by atoms with Crippen LogP contribution >= 0.6 is 0 Å². The van der Waals surface area contributed by atoms with E-state index >= 15 is 0 Å². The third-order valence-corrected chi connectivity index (χ3v) is 3.66. The van der Waals surface area contributed by atoms with Gasteiger partial charge in [0.1, 0.15) is 5.75 Å². The number of hydrogen-bond acceptors (Lipinski definition) is 4. The second-order valence-corrected chi connectivity index (χ2v) is 5.06. The predicted octanol–water partition coefficient (Wildman–Crippen LogP) is 3.60. The van der Waals surface area contributed by atoms with Crippen molar-refractivity contribution in [2.75, 3.05) is 19.0 Å². The Bertz CT molecular complexity index is 442. The van der Waals surface area contributed by atoms with E-state index in [0.717, 1.165) is 12.2 Å². The largest absolute Gasteiger partial charge is 0.496 e. The number of non-ortho nitro benzene ring substituents is 1. The maximum atomic E-state index is 10.8. The van der Waals surface area contributed by atoms with E-state index in [9.17, 15) is 10.1 Å². The van der Waals surface area contributed by atoms with Crippen molar-refractivity contribution in [3.05, 3.63) is 28.3 Å². The van der Waals surface area contributed by atoms with Crippen molar-refractivity contribution in [2.24, 2.45) is 5.92 Å². The zero-order valence-corrected chi connectivity index (χ0v) is 11.2. The third kappa shape index (κ3) is 3.84. The summed E-state index contributed by atoms with van der Waals surface area (Å²) in [5, 5.41) is 14.1. The minimum atomic E-state index is -0.395. The summed E-state index contributed by atoms with van der Waals surface area (Å²) in [5.74, 6) is 1.19. The molecule has 1 aliphatic rings. The molecule has 5 nitrogen and oxygen atoms in total. The third-order valence-electron chi connectivity index (χ3n) is 3.66. The lowest BCUT2D eigenvalue weighted by Crippen LogP contribution is -2.17. The van der Waals surface area contributed by atoms with E-state index < -0.39 is 4.92 Å². The average Bonchev–Trinajstić information content (AvgIpc) is 2.45. The van der Waals surface area contributed by atoms with E-state index in [4.69, 9.17) is 4.74 Å². The van der Waals surface area contributed by atoms with Crippen LogP contribution in [0.5, 0.6) is 5.75 Å². The summed E-state index contributed by atoms with van der Waals surface area (Å²) < 4.78 is 5.09. The molecule has 0 atom stereocenters. The van der Waals surface area contributed by atoms with Gasteiger partial charge < -0.3 is 10.1 Å². The van der Waals surface area contributed by atoms with Gasteiger partial charge in [-0.15, -0.1) is 0 Å². The van der Waals surface area contributed by atoms with E-state index in [-0.39, 0.29) is 5.69 Å². The summed E-state index contributed by atoms with van der Waals surface area (Å²) >= 11 is 0. The number of nitrogens with zero attached hydrogens (tertiary/aromatic N) is 1. The predicted molar refractivity (Wildman–Crippen MR) is 74.7 cm³/mol. The number of nitro groups is 1. The van der Waals surface area contributed by atoms with Crippen molar-refractivity contribution in [3.8, 4) is 5.75 Å². The molecule has 1 fully saturated rings. The quantitative estimate of drug-likeness (QED) is 0.652. The monoisotopic (exact) mass is 264 g/mol. The van der Waals surface area contributed by atoms with Crippen molar-refractivity contribution in [3.63, 3.8) is 0 Å². The molecule has 1 saturated carbocycles. The van der Waals surface area contributed by atoms with Gasteiger partial charge in [0.15, 0.2) is 0 Å². The Balaban J connectivity index is 2.02. The highest BCUT2D eigenvalue weighted by molar-refractivity contribution is 5.56. The van der Waals surface area contributed by atoms with E-state index in [1.807, 2.05) is 0 Å². The maximum Gasteiger partial charge on any atom is 0.275 e. The normalized spacial score (nSPS) is 16.1. The van der Waals surface area contributed by atoms with Gasteiger partial charge in [-0.3, -0.25) is 10.1 Å². The first-order chi connectivity index (χ1) is 9.19. The second kappa shape index (κ2) is 6.41. The standard InChI is InChI=1S/C14H20N2O3/c1-19-14-8-12(7-13(9-14)16(17)18)15-10-11-5-3-2-4-6-11/h7-9,11,15H,2-6,10H2,1H3. The molecule has 0 radical (unpaired) electrons. The van der Waals surface area contributed by atoms with Crippen LogP contribution in [0.15, 0.2) is 18.2 Å². The highest BCUT2D eigenvalue weighted by atomic mass is 16.6. The molecule has 0 amide bonds. The molecule has 0 bridgehead atoms. The Labute approximate surface area is 113 Å². The summed E-state index contributed by atoms with van der Waals surface area (Å²) in [6.45, 7) is 0.879. The van der Waals surface area contributed by atoms with Gasteiger partial charge in [-0.2, -0.15) is 0 Å². The first-order valence-corrected chi connectivity index (χ1v) is 6.76. The van der Waals surface area contributed by atoms with Gasteiger partial charge >= 0.3 is 0 Å². The highest BCUT2D eigenvalue weighted by Gasteiger charge is 2.14. The van der Waals surface area contributed by atoms with Crippen LogP contribution in [-0.4, -0.2) is 18.6 Å². The van der Waals surface area contributed by atoms with E-state index in [0.29, 0.717) is 11.7 Å². The molecule has 0 saturated heterocycles. The van der Waals surface area contributed by atoms with Crippen LogP contribution in [0.25, 0.3) is 0 Å². The smallest absolute Gasteiger partial charge is 0.275 e. The number of benzene rings is 1. The molecule has 5 heteroatoms.